The van der Waals surface area contributed by atoms with Crippen LogP contribution in [0.3, 0.4) is 0 Å². The van der Waals surface area contributed by atoms with E-state index in [2.05, 4.69) is 4.98 Å². The number of amides is 1. The summed E-state index contributed by atoms with van der Waals surface area (Å²) in [5.74, 6) is -0.0227. The number of hydrogen-bond acceptors (Lipinski definition) is 5. The van der Waals surface area contributed by atoms with E-state index in [4.69, 9.17) is 4.42 Å². The minimum absolute atomic E-state index is 0.0442. The molecule has 1 aliphatic heterocycles. The molecule has 4 aromatic rings. The summed E-state index contributed by atoms with van der Waals surface area (Å²) in [5.41, 5.74) is 1.79. The molecule has 0 N–H and O–H groups in total. The second-order valence-corrected chi connectivity index (χ2v) is 9.80. The van der Waals surface area contributed by atoms with Crippen molar-refractivity contribution in [3.05, 3.63) is 71.6 Å². The van der Waals surface area contributed by atoms with Crippen LogP contribution in [0.25, 0.3) is 21.4 Å². The molecule has 0 saturated carbocycles. The summed E-state index contributed by atoms with van der Waals surface area (Å²) < 4.78 is 33.1. The van der Waals surface area contributed by atoms with Gasteiger partial charge in [-0.05, 0) is 61.2 Å². The number of aromatic nitrogens is 1. The minimum atomic E-state index is -0.323. The number of fused-ring (bicyclic) bond motifs is 1. The van der Waals surface area contributed by atoms with Crippen molar-refractivity contribution in [3.8, 4) is 10.4 Å². The predicted octanol–water partition coefficient (Wildman–Crippen LogP) is 6.14. The lowest BCUT2D eigenvalue weighted by molar-refractivity contribution is 0.0603. The van der Waals surface area contributed by atoms with E-state index in [0.717, 1.165) is 46.0 Å². The molecule has 1 saturated heterocycles. The molecule has 5 nitrogen and oxygen atoms in total. The number of carbonyl (C=O) groups is 1. The average molecular weight is 482 g/mol. The zero-order valence-electron chi connectivity index (χ0n) is 19.1. The molecular formula is C26H25F2N3O2S. The van der Waals surface area contributed by atoms with Crippen molar-refractivity contribution in [2.75, 3.05) is 25.5 Å². The number of carbonyl (C=O) groups excluding carboxylic acids is 1. The van der Waals surface area contributed by atoms with E-state index < -0.39 is 0 Å². The summed E-state index contributed by atoms with van der Waals surface area (Å²) in [6.45, 7) is 0.635. The van der Waals surface area contributed by atoms with Crippen LogP contribution in [0, 0.1) is 11.6 Å². The van der Waals surface area contributed by atoms with E-state index in [-0.39, 0.29) is 23.6 Å². The zero-order chi connectivity index (χ0) is 23.8. The molecule has 1 fully saturated rings. The van der Waals surface area contributed by atoms with E-state index in [1.54, 1.807) is 18.2 Å². The van der Waals surface area contributed by atoms with Crippen molar-refractivity contribution in [1.29, 1.82) is 0 Å². The van der Waals surface area contributed by atoms with Gasteiger partial charge in [0.25, 0.3) is 5.91 Å². The molecule has 1 aliphatic rings. The monoisotopic (exact) mass is 481 g/mol. The highest BCUT2D eigenvalue weighted by molar-refractivity contribution is 7.19. The number of furan rings is 1. The van der Waals surface area contributed by atoms with Crippen LogP contribution in [-0.4, -0.2) is 42.5 Å². The number of benzene rings is 2. The van der Waals surface area contributed by atoms with Crippen LogP contribution in [0.1, 0.15) is 35.5 Å². The fraction of sp³-hybridized carbons (Fsp3) is 0.308. The average Bonchev–Trinajstić information content (AvgIpc) is 3.43. The fourth-order valence-corrected chi connectivity index (χ4v) is 5.45. The number of rotatable bonds is 5. The molecule has 1 atom stereocenters. The third-order valence-electron chi connectivity index (χ3n) is 6.16. The number of piperidine rings is 1. The Kier molecular flexibility index (Phi) is 6.08. The molecule has 5 rings (SSSR count). The van der Waals surface area contributed by atoms with Gasteiger partial charge in [-0.1, -0.05) is 23.5 Å². The molecule has 3 heterocycles. The largest absolute Gasteiger partial charge is 0.461 e. The van der Waals surface area contributed by atoms with Crippen molar-refractivity contribution < 1.29 is 18.0 Å². The first kappa shape index (κ1) is 22.5. The van der Waals surface area contributed by atoms with Gasteiger partial charge in [0, 0.05) is 38.5 Å². The van der Waals surface area contributed by atoms with Gasteiger partial charge in [-0.3, -0.25) is 4.79 Å². The summed E-state index contributed by atoms with van der Waals surface area (Å²) in [4.78, 5) is 23.0. The van der Waals surface area contributed by atoms with E-state index in [0.29, 0.717) is 24.2 Å². The number of nitrogens with zero attached hydrogens (tertiary/aromatic N) is 3. The predicted molar refractivity (Wildman–Crippen MR) is 130 cm³/mol. The first-order valence-corrected chi connectivity index (χ1v) is 12.1. The third kappa shape index (κ3) is 4.42. The molecule has 34 heavy (non-hydrogen) atoms. The molecule has 2 aromatic heterocycles. The molecule has 0 aliphatic carbocycles. The van der Waals surface area contributed by atoms with Gasteiger partial charge in [-0.25, -0.2) is 13.8 Å². The van der Waals surface area contributed by atoms with Crippen molar-refractivity contribution in [2.24, 2.45) is 0 Å². The molecular weight excluding hydrogens is 456 g/mol. The van der Waals surface area contributed by atoms with Crippen LogP contribution >= 0.6 is 11.3 Å². The molecule has 8 heteroatoms. The Balaban J connectivity index is 1.46. The van der Waals surface area contributed by atoms with Gasteiger partial charge in [0.2, 0.25) is 0 Å². The Morgan fingerprint density at radius 1 is 1.12 bits per heavy atom. The second kappa shape index (κ2) is 9.18. The van der Waals surface area contributed by atoms with E-state index in [1.165, 1.54) is 35.6 Å². The molecule has 176 valence electrons. The lowest BCUT2D eigenvalue weighted by atomic mass is 9.97. The van der Waals surface area contributed by atoms with Crippen molar-refractivity contribution in [2.45, 2.75) is 31.7 Å². The Labute approximate surface area is 200 Å². The van der Waals surface area contributed by atoms with Crippen LogP contribution in [0.15, 0.2) is 52.9 Å². The van der Waals surface area contributed by atoms with Crippen LogP contribution in [0.5, 0.6) is 0 Å². The Morgan fingerprint density at radius 2 is 1.88 bits per heavy atom. The van der Waals surface area contributed by atoms with Crippen LogP contribution in [0.4, 0.5) is 13.9 Å². The zero-order valence-corrected chi connectivity index (χ0v) is 19.9. The van der Waals surface area contributed by atoms with Crippen LogP contribution in [0.2, 0.25) is 0 Å². The number of anilines is 1. The first-order valence-electron chi connectivity index (χ1n) is 11.3. The molecule has 0 bridgehead atoms. The first-order chi connectivity index (χ1) is 16.4. The highest BCUT2D eigenvalue weighted by atomic mass is 32.1. The van der Waals surface area contributed by atoms with Gasteiger partial charge in [-0.2, -0.15) is 0 Å². The highest BCUT2D eigenvalue weighted by Gasteiger charge is 2.32. The SMILES string of the molecule is CN(C)c1nc(C(=O)N2CCCCC2Cc2cc3cc(F)ccc3o2)c(-c2ccc(F)cc2)s1. The highest BCUT2D eigenvalue weighted by Crippen LogP contribution is 2.36. The van der Waals surface area contributed by atoms with Gasteiger partial charge in [0.15, 0.2) is 5.13 Å². The smallest absolute Gasteiger partial charge is 0.274 e. The number of halogens is 2. The van der Waals surface area contributed by atoms with Crippen molar-refractivity contribution in [3.63, 3.8) is 0 Å². The van der Waals surface area contributed by atoms with Crippen molar-refractivity contribution in [1.82, 2.24) is 9.88 Å². The third-order valence-corrected chi connectivity index (χ3v) is 7.43. The maximum absolute atomic E-state index is 13.8. The van der Waals surface area contributed by atoms with E-state index >= 15 is 0 Å². The Bertz CT molecular complexity index is 1330. The maximum atomic E-state index is 13.8. The molecule has 1 unspecified atom stereocenters. The lowest BCUT2D eigenvalue weighted by Crippen LogP contribution is -2.45. The molecule has 2 aromatic carbocycles. The van der Waals surface area contributed by atoms with Gasteiger partial charge in [0.05, 0.1) is 4.88 Å². The summed E-state index contributed by atoms with van der Waals surface area (Å²) in [6.07, 6.45) is 3.35. The fourth-order valence-electron chi connectivity index (χ4n) is 4.46. The van der Waals surface area contributed by atoms with Gasteiger partial charge < -0.3 is 14.2 Å². The summed E-state index contributed by atoms with van der Waals surface area (Å²) in [5, 5.41) is 1.44. The second-order valence-electron chi connectivity index (χ2n) is 8.82. The van der Waals surface area contributed by atoms with Crippen molar-refractivity contribution >= 4 is 33.3 Å². The number of thiazole rings is 1. The summed E-state index contributed by atoms with van der Waals surface area (Å²) >= 11 is 1.42. The van der Waals surface area contributed by atoms with Gasteiger partial charge in [0.1, 0.15) is 28.7 Å². The maximum Gasteiger partial charge on any atom is 0.274 e. The molecule has 0 radical (unpaired) electrons. The summed E-state index contributed by atoms with van der Waals surface area (Å²) in [7, 11) is 3.77. The van der Waals surface area contributed by atoms with Crippen LogP contribution in [-0.2, 0) is 6.42 Å². The Hall–Kier alpha value is -3.26. The van der Waals surface area contributed by atoms with E-state index in [9.17, 15) is 13.6 Å². The topological polar surface area (TPSA) is 49.6 Å². The van der Waals surface area contributed by atoms with E-state index in [1.807, 2.05) is 30.0 Å². The summed E-state index contributed by atoms with van der Waals surface area (Å²) in [6, 6.07) is 12.4. The minimum Gasteiger partial charge on any atom is -0.461 e. The number of likely N-dealkylation sites (tertiary alicyclic amines) is 1. The lowest BCUT2D eigenvalue weighted by Gasteiger charge is -2.35. The molecule has 1 amide bonds. The van der Waals surface area contributed by atoms with Gasteiger partial charge >= 0.3 is 0 Å². The quantitative estimate of drug-likeness (QED) is 0.344. The Morgan fingerprint density at radius 3 is 2.65 bits per heavy atom. The normalized spacial score (nSPS) is 16.2. The standard InChI is InChI=1S/C26H25F2N3O2S/c1-30(2)26-29-23(24(34-26)16-6-8-18(27)9-7-16)25(32)31-12-4-3-5-20(31)15-21-14-17-13-19(28)10-11-22(17)33-21/h6-11,13-14,20H,3-5,12,15H2,1-2H3. The molecule has 0 spiro atoms. The van der Waals surface area contributed by atoms with Gasteiger partial charge in [-0.15, -0.1) is 0 Å². The number of hydrogen-bond donors (Lipinski definition) is 0. The van der Waals surface area contributed by atoms with Crippen LogP contribution < -0.4 is 4.90 Å².